The third kappa shape index (κ3) is 4.18. The van der Waals surface area contributed by atoms with Gasteiger partial charge in [0.2, 0.25) is 0 Å². The Morgan fingerprint density at radius 1 is 1.24 bits per heavy atom. The van der Waals surface area contributed by atoms with Crippen molar-refractivity contribution >= 4 is 46.2 Å². The van der Waals surface area contributed by atoms with Crippen LogP contribution < -0.4 is 0 Å². The maximum absolute atomic E-state index is 12.5. The Hall–Kier alpha value is -2.37. The largest absolute Gasteiger partial charge is 0.290 e. The highest BCUT2D eigenvalue weighted by molar-refractivity contribution is 8.18. The summed E-state index contributed by atoms with van der Waals surface area (Å²) in [5.74, 6) is -0.0791. The average Bonchev–Trinajstić information content (AvgIpc) is 2.86. The number of hydrogen-bond donors (Lipinski definition) is 0. The minimum atomic E-state index is -0.0791. The van der Waals surface area contributed by atoms with E-state index in [-0.39, 0.29) is 5.91 Å². The monoisotopic (exact) mass is 369 g/mol. The van der Waals surface area contributed by atoms with Crippen molar-refractivity contribution in [3.63, 3.8) is 0 Å². The van der Waals surface area contributed by atoms with E-state index in [0.29, 0.717) is 20.9 Å². The van der Waals surface area contributed by atoms with Gasteiger partial charge in [-0.1, -0.05) is 48.0 Å². The highest BCUT2D eigenvalue weighted by Crippen LogP contribution is 2.33. The van der Waals surface area contributed by atoms with Gasteiger partial charge in [-0.25, -0.2) is 9.98 Å². The summed E-state index contributed by atoms with van der Waals surface area (Å²) in [6.45, 7) is 1.97. The standard InChI is InChI=1S/C19H16ClN3OS/c1-13(11-14-7-4-3-5-8-14)12-16-18(24)23(2)19(25-16)22-15-9-6-10-21-17(15)20/h3-12H,1-2H3/b13-11+,16-12-,22-19?. The molecule has 0 unspecified atom stereocenters. The molecule has 1 amide bonds. The Balaban J connectivity index is 1.86. The van der Waals surface area contributed by atoms with Crippen molar-refractivity contribution in [1.29, 1.82) is 0 Å². The fraction of sp³-hybridized carbons (Fsp3) is 0.105. The van der Waals surface area contributed by atoms with E-state index in [1.165, 1.54) is 16.7 Å². The van der Waals surface area contributed by atoms with Crippen molar-refractivity contribution in [3.05, 3.63) is 75.9 Å². The SMILES string of the molecule is CC(/C=C1\SC(=Nc2cccnc2Cl)N(C)C1=O)=C\c1ccccc1. The summed E-state index contributed by atoms with van der Waals surface area (Å²) >= 11 is 7.37. The van der Waals surface area contributed by atoms with Crippen molar-refractivity contribution in [2.45, 2.75) is 6.92 Å². The van der Waals surface area contributed by atoms with Crippen LogP contribution in [-0.2, 0) is 4.79 Å². The van der Waals surface area contributed by atoms with Crippen LogP contribution in [0, 0.1) is 0 Å². The summed E-state index contributed by atoms with van der Waals surface area (Å²) in [6, 6.07) is 13.5. The summed E-state index contributed by atoms with van der Waals surface area (Å²) in [7, 11) is 1.70. The zero-order valence-corrected chi connectivity index (χ0v) is 15.4. The molecule has 25 heavy (non-hydrogen) atoms. The molecule has 126 valence electrons. The van der Waals surface area contributed by atoms with Crippen LogP contribution in [0.3, 0.4) is 0 Å². The Morgan fingerprint density at radius 3 is 2.72 bits per heavy atom. The first kappa shape index (κ1) is 17.5. The topological polar surface area (TPSA) is 45.6 Å². The number of likely N-dealkylation sites (N-methyl/N-ethyl adjacent to an activating group) is 1. The minimum absolute atomic E-state index is 0.0791. The van der Waals surface area contributed by atoms with E-state index >= 15 is 0 Å². The van der Waals surface area contributed by atoms with Crippen LogP contribution in [0.1, 0.15) is 12.5 Å². The number of amidine groups is 1. The highest BCUT2D eigenvalue weighted by atomic mass is 35.5. The van der Waals surface area contributed by atoms with Gasteiger partial charge in [0.05, 0.1) is 4.91 Å². The van der Waals surface area contributed by atoms with Crippen molar-refractivity contribution < 1.29 is 4.79 Å². The minimum Gasteiger partial charge on any atom is -0.290 e. The van der Waals surface area contributed by atoms with Crippen molar-refractivity contribution in [3.8, 4) is 0 Å². The number of rotatable bonds is 3. The van der Waals surface area contributed by atoms with E-state index in [1.807, 2.05) is 49.4 Å². The van der Waals surface area contributed by atoms with Crippen LogP contribution in [0.15, 0.2) is 70.2 Å². The van der Waals surface area contributed by atoms with Crippen LogP contribution >= 0.6 is 23.4 Å². The number of thioether (sulfide) groups is 1. The Morgan fingerprint density at radius 2 is 2.00 bits per heavy atom. The fourth-order valence-electron chi connectivity index (χ4n) is 2.28. The van der Waals surface area contributed by atoms with Gasteiger partial charge in [-0.3, -0.25) is 9.69 Å². The molecule has 6 heteroatoms. The molecule has 1 aliphatic heterocycles. The van der Waals surface area contributed by atoms with Crippen LogP contribution in [0.25, 0.3) is 6.08 Å². The lowest BCUT2D eigenvalue weighted by atomic mass is 10.1. The van der Waals surface area contributed by atoms with Gasteiger partial charge in [-0.05, 0) is 48.0 Å². The third-order valence-electron chi connectivity index (χ3n) is 3.51. The van der Waals surface area contributed by atoms with Crippen LogP contribution in [0.5, 0.6) is 0 Å². The van der Waals surface area contributed by atoms with Crippen LogP contribution in [-0.4, -0.2) is 28.0 Å². The number of aromatic nitrogens is 1. The van der Waals surface area contributed by atoms with Gasteiger partial charge in [0.15, 0.2) is 10.3 Å². The number of aliphatic imine (C=N–C) groups is 1. The molecule has 0 atom stereocenters. The summed E-state index contributed by atoms with van der Waals surface area (Å²) in [5, 5.41) is 0.896. The average molecular weight is 370 g/mol. The second-order valence-electron chi connectivity index (χ2n) is 5.48. The molecule has 2 aromatic rings. The van der Waals surface area contributed by atoms with Gasteiger partial charge in [0, 0.05) is 13.2 Å². The van der Waals surface area contributed by atoms with E-state index < -0.39 is 0 Å². The molecule has 1 aromatic heterocycles. The summed E-state index contributed by atoms with van der Waals surface area (Å²) in [6.07, 6.45) is 5.52. The summed E-state index contributed by atoms with van der Waals surface area (Å²) < 4.78 is 0. The maximum atomic E-state index is 12.5. The summed E-state index contributed by atoms with van der Waals surface area (Å²) in [4.78, 5) is 23.1. The molecule has 2 heterocycles. The number of halogens is 1. The smallest absolute Gasteiger partial charge is 0.266 e. The zero-order chi connectivity index (χ0) is 17.8. The number of pyridine rings is 1. The molecule has 0 saturated carbocycles. The molecule has 1 aromatic carbocycles. The van der Waals surface area contributed by atoms with Gasteiger partial charge in [-0.2, -0.15) is 0 Å². The van der Waals surface area contributed by atoms with Crippen molar-refractivity contribution in [1.82, 2.24) is 9.88 Å². The highest BCUT2D eigenvalue weighted by Gasteiger charge is 2.30. The van der Waals surface area contributed by atoms with E-state index in [4.69, 9.17) is 11.6 Å². The molecule has 1 saturated heterocycles. The molecular formula is C19H16ClN3OS. The number of carbonyl (C=O) groups excluding carboxylic acids is 1. The number of nitrogens with zero attached hydrogens (tertiary/aromatic N) is 3. The predicted molar refractivity (Wildman–Crippen MR) is 105 cm³/mol. The van der Waals surface area contributed by atoms with E-state index in [1.54, 1.807) is 25.4 Å². The third-order valence-corrected chi connectivity index (χ3v) is 4.86. The molecule has 4 nitrogen and oxygen atoms in total. The first-order valence-electron chi connectivity index (χ1n) is 7.65. The van der Waals surface area contributed by atoms with Gasteiger partial charge in [0.1, 0.15) is 5.69 Å². The number of benzene rings is 1. The lowest BCUT2D eigenvalue weighted by Crippen LogP contribution is -2.23. The van der Waals surface area contributed by atoms with Gasteiger partial charge >= 0.3 is 0 Å². The number of allylic oxidation sites excluding steroid dienone is 2. The maximum Gasteiger partial charge on any atom is 0.266 e. The second kappa shape index (κ2) is 7.68. The molecular weight excluding hydrogens is 354 g/mol. The summed E-state index contributed by atoms with van der Waals surface area (Å²) in [5.41, 5.74) is 2.64. The van der Waals surface area contributed by atoms with Gasteiger partial charge in [0.25, 0.3) is 5.91 Å². The molecule has 0 radical (unpaired) electrons. The Bertz CT molecular complexity index is 891. The van der Waals surface area contributed by atoms with Crippen molar-refractivity contribution in [2.75, 3.05) is 7.05 Å². The van der Waals surface area contributed by atoms with Gasteiger partial charge < -0.3 is 0 Å². The fourth-order valence-corrected chi connectivity index (χ4v) is 3.47. The molecule has 1 aliphatic rings. The molecule has 0 spiro atoms. The lowest BCUT2D eigenvalue weighted by Gasteiger charge is -2.07. The molecule has 1 fully saturated rings. The quantitative estimate of drug-likeness (QED) is 0.570. The van der Waals surface area contributed by atoms with E-state index in [2.05, 4.69) is 9.98 Å². The molecule has 0 N–H and O–H groups in total. The number of carbonyl (C=O) groups is 1. The van der Waals surface area contributed by atoms with E-state index in [9.17, 15) is 4.79 Å². The number of hydrogen-bond acceptors (Lipinski definition) is 4. The zero-order valence-electron chi connectivity index (χ0n) is 13.8. The predicted octanol–water partition coefficient (Wildman–Crippen LogP) is 4.92. The molecule has 0 aliphatic carbocycles. The first-order chi connectivity index (χ1) is 12.0. The lowest BCUT2D eigenvalue weighted by molar-refractivity contribution is -0.121. The molecule has 3 rings (SSSR count). The van der Waals surface area contributed by atoms with Crippen LogP contribution in [0.4, 0.5) is 5.69 Å². The van der Waals surface area contributed by atoms with Gasteiger partial charge in [-0.15, -0.1) is 0 Å². The first-order valence-corrected chi connectivity index (χ1v) is 8.84. The second-order valence-corrected chi connectivity index (χ2v) is 6.85. The van der Waals surface area contributed by atoms with Crippen LogP contribution in [0.2, 0.25) is 5.15 Å². The number of amides is 1. The Kier molecular flexibility index (Phi) is 5.36. The molecule has 0 bridgehead atoms. The normalized spacial score (nSPS) is 18.4. The Labute approximate surface area is 155 Å². The van der Waals surface area contributed by atoms with E-state index in [0.717, 1.165) is 11.1 Å². The van der Waals surface area contributed by atoms with Crippen molar-refractivity contribution in [2.24, 2.45) is 4.99 Å².